The third-order valence-corrected chi connectivity index (χ3v) is 10.8. The minimum absolute atomic E-state index is 0.0200. The van der Waals surface area contributed by atoms with Gasteiger partial charge in [-0.25, -0.2) is 0 Å². The number of methoxy groups -OCH3 is 2. The van der Waals surface area contributed by atoms with Crippen LogP contribution in [0.1, 0.15) is 57.1 Å². The van der Waals surface area contributed by atoms with E-state index in [0.717, 1.165) is 43.2 Å². The molecule has 5 aliphatic carbocycles. The fraction of sp³-hybridized carbons (Fsp3) is 0.714. The molecule has 4 bridgehead atoms. The smallest absolute Gasteiger partial charge is 0.166 e. The van der Waals surface area contributed by atoms with E-state index in [0.29, 0.717) is 12.5 Å². The Kier molecular flexibility index (Phi) is 4.00. The van der Waals surface area contributed by atoms with Crippen LogP contribution in [0.4, 0.5) is 0 Å². The van der Waals surface area contributed by atoms with Crippen LogP contribution in [0.25, 0.3) is 0 Å². The molecule has 1 N–H and O–H groups in total. The molecule has 0 aromatic heterocycles. The van der Waals surface area contributed by atoms with E-state index in [9.17, 15) is 5.11 Å². The molecule has 3 fully saturated rings. The van der Waals surface area contributed by atoms with Crippen molar-refractivity contribution in [2.75, 3.05) is 27.3 Å². The Balaban J connectivity index is 1.50. The number of nitrogens with zero attached hydrogens (tertiary/aromatic N) is 1. The second kappa shape index (κ2) is 6.35. The lowest BCUT2D eigenvalue weighted by Gasteiger charge is -2.72. The Bertz CT molecular complexity index is 1050. The summed E-state index contributed by atoms with van der Waals surface area (Å²) in [7, 11) is 3.55. The average molecular weight is 452 g/mol. The molecular weight excluding hydrogens is 414 g/mol. The minimum atomic E-state index is -0.826. The molecule has 5 nitrogen and oxygen atoms in total. The molecule has 5 heteroatoms. The second-order valence-corrected chi connectivity index (χ2v) is 11.9. The fourth-order valence-electron chi connectivity index (χ4n) is 8.88. The molecule has 1 aromatic rings. The summed E-state index contributed by atoms with van der Waals surface area (Å²) in [6, 6.07) is 4.82. The highest BCUT2D eigenvalue weighted by atomic mass is 16.6. The number of ether oxygens (including phenoxy) is 3. The third-order valence-electron chi connectivity index (χ3n) is 10.8. The molecule has 0 radical (unpaired) electrons. The molecule has 2 saturated carbocycles. The average Bonchev–Trinajstić information content (AvgIpc) is 3.57. The summed E-state index contributed by atoms with van der Waals surface area (Å²) in [4.78, 5) is 2.80. The molecule has 7 aliphatic rings. The van der Waals surface area contributed by atoms with Gasteiger partial charge in [-0.2, -0.15) is 0 Å². The lowest BCUT2D eigenvalue weighted by Crippen LogP contribution is -2.80. The van der Waals surface area contributed by atoms with E-state index in [1.165, 1.54) is 30.5 Å². The van der Waals surface area contributed by atoms with Crippen LogP contribution >= 0.6 is 0 Å². The number of hydrogen-bond acceptors (Lipinski definition) is 5. The molecule has 2 heterocycles. The zero-order valence-corrected chi connectivity index (χ0v) is 20.4. The molecule has 8 rings (SSSR count). The van der Waals surface area contributed by atoms with E-state index >= 15 is 0 Å². The molecule has 0 amide bonds. The topological polar surface area (TPSA) is 51.2 Å². The Hall–Kier alpha value is -1.56. The van der Waals surface area contributed by atoms with Gasteiger partial charge < -0.3 is 19.3 Å². The maximum atomic E-state index is 11.7. The first-order valence-corrected chi connectivity index (χ1v) is 13.0. The van der Waals surface area contributed by atoms with Crippen molar-refractivity contribution in [3.63, 3.8) is 0 Å². The highest BCUT2D eigenvalue weighted by Gasteiger charge is 2.80. The highest BCUT2D eigenvalue weighted by Crippen LogP contribution is 2.75. The zero-order valence-electron chi connectivity index (χ0n) is 20.4. The number of aliphatic hydroxyl groups is 1. The standard InChI is InChI=1S/C28H37NO4/c1-5-25(2,30)20-15-26-10-11-28(20,32-4)24-27(26)12-13-29(16-17-6-7-17)21(26)14-18-8-9-19(31-3)23(33-24)22(18)27/h8-11,17,20-21,24,30H,5-7,12-16H2,1-4H3/t20?,21?,24?,25?,26?,27-,28?/m0/s1. The normalized spacial score (nSPS) is 43.7. The monoisotopic (exact) mass is 451 g/mol. The van der Waals surface area contributed by atoms with Gasteiger partial charge in [0.2, 0.25) is 0 Å². The van der Waals surface area contributed by atoms with Gasteiger partial charge in [-0.05, 0) is 69.5 Å². The van der Waals surface area contributed by atoms with E-state index < -0.39 is 11.2 Å². The van der Waals surface area contributed by atoms with E-state index in [2.05, 4.69) is 36.1 Å². The maximum Gasteiger partial charge on any atom is 0.166 e. The van der Waals surface area contributed by atoms with Crippen LogP contribution in [0, 0.1) is 17.3 Å². The summed E-state index contributed by atoms with van der Waals surface area (Å²) < 4.78 is 19.3. The van der Waals surface area contributed by atoms with Gasteiger partial charge in [0.05, 0.1) is 18.1 Å². The predicted molar refractivity (Wildman–Crippen MR) is 126 cm³/mol. The van der Waals surface area contributed by atoms with Gasteiger partial charge in [0.25, 0.3) is 0 Å². The van der Waals surface area contributed by atoms with Gasteiger partial charge in [0.1, 0.15) is 11.7 Å². The number of benzene rings is 1. The van der Waals surface area contributed by atoms with Crippen molar-refractivity contribution in [3.05, 3.63) is 35.4 Å². The number of hydrogen-bond donors (Lipinski definition) is 1. The number of likely N-dealkylation sites (tertiary alicyclic amines) is 1. The molecule has 1 saturated heterocycles. The zero-order chi connectivity index (χ0) is 22.8. The number of fused-ring (bicyclic) bond motifs is 1. The predicted octanol–water partition coefficient (Wildman–Crippen LogP) is 3.86. The summed E-state index contributed by atoms with van der Waals surface area (Å²) in [6.45, 7) is 6.42. The van der Waals surface area contributed by atoms with Crippen molar-refractivity contribution < 1.29 is 19.3 Å². The summed E-state index contributed by atoms with van der Waals surface area (Å²) in [5, 5.41) is 11.7. The molecule has 2 spiro atoms. The Morgan fingerprint density at radius 1 is 1.24 bits per heavy atom. The number of rotatable bonds is 6. The summed E-state index contributed by atoms with van der Waals surface area (Å²) >= 11 is 0. The summed E-state index contributed by atoms with van der Waals surface area (Å²) in [6.07, 6.45) is 11.2. The van der Waals surface area contributed by atoms with Gasteiger partial charge in [0, 0.05) is 36.6 Å². The molecular formula is C28H37NO4. The third kappa shape index (κ3) is 2.21. The Labute approximate surface area is 197 Å². The van der Waals surface area contributed by atoms with Crippen LogP contribution in [0.2, 0.25) is 0 Å². The van der Waals surface area contributed by atoms with E-state index in [-0.39, 0.29) is 22.9 Å². The van der Waals surface area contributed by atoms with Crippen LogP contribution in [0.15, 0.2) is 24.3 Å². The summed E-state index contributed by atoms with van der Waals surface area (Å²) in [5.74, 6) is 2.60. The SMILES string of the molecule is CCC(C)(O)C1CC23C=CC1(OC)C1Oc4c(OC)ccc5c4[C@@]12CCN(CC1CC1)C3C5. The van der Waals surface area contributed by atoms with Crippen LogP contribution in [0.3, 0.4) is 0 Å². The first-order valence-electron chi connectivity index (χ1n) is 13.0. The van der Waals surface area contributed by atoms with E-state index in [4.69, 9.17) is 14.2 Å². The molecule has 1 aromatic carbocycles. The van der Waals surface area contributed by atoms with Gasteiger partial charge in [-0.15, -0.1) is 0 Å². The highest BCUT2D eigenvalue weighted by molar-refractivity contribution is 5.65. The molecule has 33 heavy (non-hydrogen) atoms. The Morgan fingerprint density at radius 3 is 2.76 bits per heavy atom. The molecule has 2 aliphatic heterocycles. The molecule has 178 valence electrons. The van der Waals surface area contributed by atoms with Crippen molar-refractivity contribution in [1.29, 1.82) is 0 Å². The van der Waals surface area contributed by atoms with Crippen LogP contribution in [-0.4, -0.2) is 60.7 Å². The van der Waals surface area contributed by atoms with Gasteiger partial charge in [-0.1, -0.05) is 25.1 Å². The largest absolute Gasteiger partial charge is 0.493 e. The van der Waals surface area contributed by atoms with Crippen molar-refractivity contribution in [3.8, 4) is 11.5 Å². The van der Waals surface area contributed by atoms with Gasteiger partial charge in [0.15, 0.2) is 11.5 Å². The lowest BCUT2D eigenvalue weighted by molar-refractivity contribution is -0.248. The maximum absolute atomic E-state index is 11.7. The van der Waals surface area contributed by atoms with E-state index in [1.54, 1.807) is 7.11 Å². The first kappa shape index (κ1) is 20.8. The van der Waals surface area contributed by atoms with Crippen LogP contribution < -0.4 is 9.47 Å². The van der Waals surface area contributed by atoms with Crippen LogP contribution in [0.5, 0.6) is 11.5 Å². The van der Waals surface area contributed by atoms with Gasteiger partial charge in [-0.3, -0.25) is 4.90 Å². The minimum Gasteiger partial charge on any atom is -0.493 e. The van der Waals surface area contributed by atoms with Crippen molar-refractivity contribution >= 4 is 0 Å². The fourth-order valence-corrected chi connectivity index (χ4v) is 8.88. The molecule has 7 atom stereocenters. The van der Waals surface area contributed by atoms with Gasteiger partial charge >= 0.3 is 0 Å². The quantitative estimate of drug-likeness (QED) is 0.666. The lowest BCUT2D eigenvalue weighted by atomic mass is 9.36. The Morgan fingerprint density at radius 2 is 2.06 bits per heavy atom. The second-order valence-electron chi connectivity index (χ2n) is 11.9. The van der Waals surface area contributed by atoms with Crippen LogP contribution in [-0.2, 0) is 16.6 Å². The van der Waals surface area contributed by atoms with E-state index in [1.807, 2.05) is 14.0 Å². The van der Waals surface area contributed by atoms with Crippen molar-refractivity contribution in [2.45, 2.75) is 81.1 Å². The first-order chi connectivity index (χ1) is 15.9. The van der Waals surface area contributed by atoms with Crippen molar-refractivity contribution in [2.24, 2.45) is 17.3 Å². The summed E-state index contributed by atoms with van der Waals surface area (Å²) in [5.41, 5.74) is 1.15. The number of piperidine rings is 1. The molecule has 6 unspecified atom stereocenters. The van der Waals surface area contributed by atoms with Crippen molar-refractivity contribution in [1.82, 2.24) is 4.90 Å².